The summed E-state index contributed by atoms with van der Waals surface area (Å²) in [7, 11) is 0. The molecule has 2 heteroatoms. The Kier molecular flexibility index (Phi) is 13.9. The lowest BCUT2D eigenvalue weighted by Gasteiger charge is -2.17. The third kappa shape index (κ3) is 9.90. The first-order valence-electron chi connectivity index (χ1n) is 14.7. The summed E-state index contributed by atoms with van der Waals surface area (Å²) < 4.78 is 0. The van der Waals surface area contributed by atoms with Crippen LogP contribution in [0.4, 0.5) is 0 Å². The van der Waals surface area contributed by atoms with E-state index in [0.717, 1.165) is 60.8 Å². The highest BCUT2D eigenvalue weighted by Crippen LogP contribution is 2.34. The molecule has 0 aliphatic rings. The monoisotopic (exact) mass is 480 g/mol. The maximum absolute atomic E-state index is 11.2. The maximum atomic E-state index is 11.2. The van der Waals surface area contributed by atoms with Gasteiger partial charge >= 0.3 is 0 Å². The lowest BCUT2D eigenvalue weighted by molar-refractivity contribution is 0.453. The van der Waals surface area contributed by atoms with Crippen molar-refractivity contribution in [3.8, 4) is 11.5 Å². The van der Waals surface area contributed by atoms with Crippen molar-refractivity contribution in [3.63, 3.8) is 0 Å². The zero-order chi connectivity index (χ0) is 25.5. The van der Waals surface area contributed by atoms with E-state index < -0.39 is 0 Å². The molecule has 0 bridgehead atoms. The second-order valence-corrected chi connectivity index (χ2v) is 10.5. The molecule has 0 heterocycles. The molecule has 0 aliphatic carbocycles. The van der Waals surface area contributed by atoms with Gasteiger partial charge in [0.05, 0.1) is 0 Å². The van der Waals surface area contributed by atoms with Crippen LogP contribution in [-0.2, 0) is 32.1 Å². The predicted molar refractivity (Wildman–Crippen MR) is 152 cm³/mol. The van der Waals surface area contributed by atoms with Crippen LogP contribution in [0.2, 0.25) is 0 Å². The first-order valence-corrected chi connectivity index (χ1v) is 14.7. The van der Waals surface area contributed by atoms with Crippen molar-refractivity contribution in [3.05, 3.63) is 57.6 Å². The summed E-state index contributed by atoms with van der Waals surface area (Å²) in [6.45, 7) is 8.93. The third-order valence-electron chi connectivity index (χ3n) is 7.27. The van der Waals surface area contributed by atoms with E-state index in [0.29, 0.717) is 17.9 Å². The Morgan fingerprint density at radius 1 is 0.429 bits per heavy atom. The first kappa shape index (κ1) is 29.3. The largest absolute Gasteiger partial charge is 0.507 e. The van der Waals surface area contributed by atoms with Gasteiger partial charge in [0.25, 0.3) is 0 Å². The van der Waals surface area contributed by atoms with E-state index in [9.17, 15) is 10.2 Å². The molecule has 0 spiro atoms. The lowest BCUT2D eigenvalue weighted by atomic mass is 9.91. The van der Waals surface area contributed by atoms with Gasteiger partial charge in [-0.25, -0.2) is 0 Å². The Morgan fingerprint density at radius 3 is 1.09 bits per heavy atom. The van der Waals surface area contributed by atoms with Crippen molar-refractivity contribution in [2.24, 2.45) is 0 Å². The van der Waals surface area contributed by atoms with E-state index in [2.05, 4.69) is 52.0 Å². The zero-order valence-electron chi connectivity index (χ0n) is 23.2. The molecule has 0 aliphatic heterocycles. The highest BCUT2D eigenvalue weighted by atomic mass is 16.3. The normalized spacial score (nSPS) is 11.3. The van der Waals surface area contributed by atoms with Gasteiger partial charge < -0.3 is 10.2 Å². The summed E-state index contributed by atoms with van der Waals surface area (Å²) in [4.78, 5) is 0. The average Bonchev–Trinajstić information content (AvgIpc) is 2.84. The first-order chi connectivity index (χ1) is 17.0. The van der Waals surface area contributed by atoms with E-state index >= 15 is 0 Å². The molecule has 2 aromatic carbocycles. The third-order valence-corrected chi connectivity index (χ3v) is 7.27. The molecule has 2 aromatic rings. The Morgan fingerprint density at radius 2 is 0.743 bits per heavy atom. The number of rotatable bonds is 18. The molecule has 0 radical (unpaired) electrons. The van der Waals surface area contributed by atoms with E-state index in [1.165, 1.54) is 75.3 Å². The summed E-state index contributed by atoms with van der Waals surface area (Å²) in [6.07, 6.45) is 18.8. The number of aromatic hydroxyl groups is 2. The van der Waals surface area contributed by atoms with Crippen molar-refractivity contribution in [2.45, 2.75) is 137 Å². The van der Waals surface area contributed by atoms with Crippen LogP contribution in [0.15, 0.2) is 24.3 Å². The van der Waals surface area contributed by atoms with Gasteiger partial charge in [-0.2, -0.15) is 0 Å². The van der Waals surface area contributed by atoms with Gasteiger partial charge in [-0.1, -0.05) is 103 Å². The molecule has 0 aromatic heterocycles. The average molecular weight is 481 g/mol. The fourth-order valence-corrected chi connectivity index (χ4v) is 5.10. The van der Waals surface area contributed by atoms with Crippen LogP contribution >= 0.6 is 0 Å². The van der Waals surface area contributed by atoms with Crippen molar-refractivity contribution in [1.82, 2.24) is 0 Å². The van der Waals surface area contributed by atoms with E-state index in [1.807, 2.05) is 0 Å². The number of unbranched alkanes of at least 4 members (excludes halogenated alkanes) is 8. The Balaban J connectivity index is 2.39. The van der Waals surface area contributed by atoms with Crippen LogP contribution in [0, 0.1) is 0 Å². The van der Waals surface area contributed by atoms with Crippen LogP contribution in [-0.4, -0.2) is 10.2 Å². The van der Waals surface area contributed by atoms with Crippen LogP contribution < -0.4 is 0 Å². The van der Waals surface area contributed by atoms with Crippen molar-refractivity contribution >= 4 is 0 Å². The van der Waals surface area contributed by atoms with Gasteiger partial charge in [0, 0.05) is 6.42 Å². The topological polar surface area (TPSA) is 40.5 Å². The van der Waals surface area contributed by atoms with Crippen molar-refractivity contribution < 1.29 is 10.2 Å². The Bertz CT molecular complexity index is 796. The molecule has 0 fully saturated rings. The Hall–Kier alpha value is -1.96. The van der Waals surface area contributed by atoms with Gasteiger partial charge in [0.2, 0.25) is 0 Å². The molecule has 2 N–H and O–H groups in total. The number of hydrogen-bond acceptors (Lipinski definition) is 2. The summed E-state index contributed by atoms with van der Waals surface area (Å²) in [6, 6.07) is 8.88. The highest BCUT2D eigenvalue weighted by molar-refractivity contribution is 5.51. The molecule has 0 saturated heterocycles. The Labute approximate surface area is 216 Å². The molecular formula is C33H52O2. The SMILES string of the molecule is CCCCCc1cc(CCCCC)c(O)c(Cc2cc(CCCCC)cc(CCCCC)c2O)c1. The van der Waals surface area contributed by atoms with E-state index in [1.54, 1.807) is 0 Å². The molecule has 0 unspecified atom stereocenters. The minimum absolute atomic E-state index is 0.448. The van der Waals surface area contributed by atoms with Crippen molar-refractivity contribution in [1.29, 1.82) is 0 Å². The number of aryl methyl sites for hydroxylation is 4. The molecule has 0 amide bonds. The second-order valence-electron chi connectivity index (χ2n) is 10.5. The number of phenolic OH excluding ortho intramolecular Hbond substituents is 2. The van der Waals surface area contributed by atoms with Gasteiger partial charge in [0.1, 0.15) is 11.5 Å². The molecule has 0 saturated carbocycles. The van der Waals surface area contributed by atoms with Gasteiger partial charge in [-0.05, 0) is 84.7 Å². The van der Waals surface area contributed by atoms with Crippen molar-refractivity contribution in [2.75, 3.05) is 0 Å². The second kappa shape index (κ2) is 16.7. The van der Waals surface area contributed by atoms with Gasteiger partial charge in [-0.3, -0.25) is 0 Å². The summed E-state index contributed by atoms with van der Waals surface area (Å²) in [5, 5.41) is 22.5. The fourth-order valence-electron chi connectivity index (χ4n) is 5.10. The quantitative estimate of drug-likeness (QED) is 0.208. The van der Waals surface area contributed by atoms with Crippen LogP contribution in [0.5, 0.6) is 11.5 Å². The molecule has 35 heavy (non-hydrogen) atoms. The molecule has 0 atom stereocenters. The van der Waals surface area contributed by atoms with Crippen LogP contribution in [0.25, 0.3) is 0 Å². The number of benzene rings is 2. The highest BCUT2D eigenvalue weighted by Gasteiger charge is 2.16. The number of phenols is 2. The summed E-state index contributed by atoms with van der Waals surface area (Å²) in [5.74, 6) is 0.896. The molecule has 2 rings (SSSR count). The van der Waals surface area contributed by atoms with Crippen LogP contribution in [0.3, 0.4) is 0 Å². The standard InChI is InChI=1S/C33H52O2/c1-5-9-13-17-26-21-28(19-15-11-7-3)32(34)30(23-26)25-31-24-27(18-14-10-6-2)22-29(33(31)35)20-16-12-8-4/h21-24,34-35H,5-20,25H2,1-4H3. The zero-order valence-corrected chi connectivity index (χ0v) is 23.2. The van der Waals surface area contributed by atoms with Gasteiger partial charge in [0.15, 0.2) is 0 Å². The minimum Gasteiger partial charge on any atom is -0.507 e. The molecular weight excluding hydrogens is 428 g/mol. The molecule has 196 valence electrons. The van der Waals surface area contributed by atoms with Crippen LogP contribution in [0.1, 0.15) is 138 Å². The molecule has 2 nitrogen and oxygen atoms in total. The summed E-state index contributed by atoms with van der Waals surface area (Å²) >= 11 is 0. The maximum Gasteiger partial charge on any atom is 0.122 e. The van der Waals surface area contributed by atoms with E-state index in [-0.39, 0.29) is 0 Å². The van der Waals surface area contributed by atoms with Gasteiger partial charge in [-0.15, -0.1) is 0 Å². The number of hydrogen-bond donors (Lipinski definition) is 2. The minimum atomic E-state index is 0.448. The fraction of sp³-hybridized carbons (Fsp3) is 0.636. The lowest BCUT2D eigenvalue weighted by Crippen LogP contribution is -2.01. The summed E-state index contributed by atoms with van der Waals surface area (Å²) in [5.41, 5.74) is 6.80. The predicted octanol–water partition coefficient (Wildman–Crippen LogP) is 9.62. The smallest absolute Gasteiger partial charge is 0.122 e. The van der Waals surface area contributed by atoms with E-state index in [4.69, 9.17) is 0 Å².